The van der Waals surface area contributed by atoms with E-state index in [1.165, 1.54) is 6.07 Å². The summed E-state index contributed by atoms with van der Waals surface area (Å²) in [5, 5.41) is 13.1. The summed E-state index contributed by atoms with van der Waals surface area (Å²) < 4.78 is 13.6. The topological polar surface area (TPSA) is 49.3 Å². The second-order valence-electron chi connectivity index (χ2n) is 6.69. The van der Waals surface area contributed by atoms with Gasteiger partial charge < -0.3 is 10.4 Å². The third-order valence-corrected chi connectivity index (χ3v) is 4.66. The lowest BCUT2D eigenvalue weighted by Gasteiger charge is -2.26. The maximum atomic E-state index is 13.6. The SMILES string of the molecule is O=C(NCc1ccccc1F)c1ccc(C#CC2(O)CCCCC2)cc1. The van der Waals surface area contributed by atoms with Crippen molar-refractivity contribution >= 4 is 5.91 Å². The molecule has 0 aliphatic heterocycles. The Labute approximate surface area is 153 Å². The van der Waals surface area contributed by atoms with E-state index in [1.807, 2.05) is 0 Å². The molecule has 0 atom stereocenters. The number of halogens is 1. The van der Waals surface area contributed by atoms with Crippen LogP contribution in [0.2, 0.25) is 0 Å². The van der Waals surface area contributed by atoms with Gasteiger partial charge in [-0.05, 0) is 56.0 Å². The van der Waals surface area contributed by atoms with Gasteiger partial charge in [-0.25, -0.2) is 4.39 Å². The molecule has 0 saturated heterocycles. The quantitative estimate of drug-likeness (QED) is 0.827. The van der Waals surface area contributed by atoms with Crippen LogP contribution in [-0.2, 0) is 6.54 Å². The lowest BCUT2D eigenvalue weighted by molar-refractivity contribution is 0.0610. The Bertz CT molecular complexity index is 827. The molecule has 1 fully saturated rings. The molecule has 0 aromatic heterocycles. The fourth-order valence-corrected chi connectivity index (χ4v) is 3.07. The fraction of sp³-hybridized carbons (Fsp3) is 0.318. The Hall–Kier alpha value is -2.64. The zero-order chi connectivity index (χ0) is 18.4. The Morgan fingerprint density at radius 2 is 1.77 bits per heavy atom. The van der Waals surface area contributed by atoms with Crippen molar-refractivity contribution in [1.82, 2.24) is 5.32 Å². The van der Waals surface area contributed by atoms with Crippen molar-refractivity contribution in [2.45, 2.75) is 44.2 Å². The summed E-state index contributed by atoms with van der Waals surface area (Å²) in [5.41, 5.74) is 0.815. The zero-order valence-corrected chi connectivity index (χ0v) is 14.6. The molecular formula is C22H22FNO2. The molecule has 3 rings (SSSR count). The molecule has 134 valence electrons. The number of carbonyl (C=O) groups excluding carboxylic acids is 1. The minimum absolute atomic E-state index is 0.139. The van der Waals surface area contributed by atoms with Gasteiger partial charge in [0.2, 0.25) is 0 Å². The molecule has 4 heteroatoms. The normalized spacial score (nSPS) is 15.6. The minimum Gasteiger partial charge on any atom is -0.378 e. The van der Waals surface area contributed by atoms with Crippen molar-refractivity contribution in [2.75, 3.05) is 0 Å². The Balaban J connectivity index is 1.60. The molecule has 2 aromatic carbocycles. The highest BCUT2D eigenvalue weighted by Gasteiger charge is 2.26. The van der Waals surface area contributed by atoms with Crippen LogP contribution >= 0.6 is 0 Å². The summed E-state index contributed by atoms with van der Waals surface area (Å²) in [5.74, 6) is 5.38. The second kappa shape index (κ2) is 8.16. The Morgan fingerprint density at radius 3 is 2.46 bits per heavy atom. The number of hydrogen-bond donors (Lipinski definition) is 2. The van der Waals surface area contributed by atoms with E-state index in [2.05, 4.69) is 17.2 Å². The van der Waals surface area contributed by atoms with Crippen LogP contribution < -0.4 is 5.32 Å². The molecular weight excluding hydrogens is 329 g/mol. The van der Waals surface area contributed by atoms with Gasteiger partial charge >= 0.3 is 0 Å². The van der Waals surface area contributed by atoms with E-state index in [0.717, 1.165) is 37.7 Å². The predicted molar refractivity (Wildman–Crippen MR) is 98.9 cm³/mol. The fourth-order valence-electron chi connectivity index (χ4n) is 3.07. The number of amides is 1. The first-order valence-electron chi connectivity index (χ1n) is 8.93. The molecule has 2 aromatic rings. The first-order valence-corrected chi connectivity index (χ1v) is 8.93. The Morgan fingerprint density at radius 1 is 1.08 bits per heavy atom. The van der Waals surface area contributed by atoms with Gasteiger partial charge in [0.1, 0.15) is 11.4 Å². The third kappa shape index (κ3) is 4.71. The largest absolute Gasteiger partial charge is 0.378 e. The molecule has 1 aliphatic carbocycles. The van der Waals surface area contributed by atoms with Crippen molar-refractivity contribution in [3.05, 3.63) is 71.0 Å². The second-order valence-corrected chi connectivity index (χ2v) is 6.69. The number of aliphatic hydroxyl groups is 1. The van der Waals surface area contributed by atoms with E-state index in [-0.39, 0.29) is 18.3 Å². The van der Waals surface area contributed by atoms with E-state index >= 15 is 0 Å². The van der Waals surface area contributed by atoms with Crippen molar-refractivity contribution < 1.29 is 14.3 Å². The first kappa shape index (κ1) is 18.2. The Kier molecular flexibility index (Phi) is 5.70. The maximum absolute atomic E-state index is 13.6. The van der Waals surface area contributed by atoms with E-state index in [1.54, 1.807) is 42.5 Å². The smallest absolute Gasteiger partial charge is 0.251 e. The highest BCUT2D eigenvalue weighted by atomic mass is 19.1. The van der Waals surface area contributed by atoms with Crippen LogP contribution in [0.25, 0.3) is 0 Å². The van der Waals surface area contributed by atoms with Gasteiger partial charge in [0, 0.05) is 23.2 Å². The number of hydrogen-bond acceptors (Lipinski definition) is 2. The number of carbonyl (C=O) groups is 1. The predicted octanol–water partition coefficient (Wildman–Crippen LogP) is 3.80. The number of nitrogens with one attached hydrogen (secondary N) is 1. The van der Waals surface area contributed by atoms with Gasteiger partial charge in [-0.2, -0.15) is 0 Å². The van der Waals surface area contributed by atoms with Gasteiger partial charge in [0.05, 0.1) is 0 Å². The summed E-state index contributed by atoms with van der Waals surface area (Å²) in [4.78, 5) is 12.2. The third-order valence-electron chi connectivity index (χ3n) is 4.66. The monoisotopic (exact) mass is 351 g/mol. The zero-order valence-electron chi connectivity index (χ0n) is 14.6. The summed E-state index contributed by atoms with van der Waals surface area (Å²) in [6, 6.07) is 13.3. The average molecular weight is 351 g/mol. The van der Waals surface area contributed by atoms with Crippen LogP contribution in [0.1, 0.15) is 53.6 Å². The summed E-state index contributed by atoms with van der Waals surface area (Å²) in [6.07, 6.45) is 4.60. The standard InChI is InChI=1S/C22H22FNO2/c23-20-7-3-2-6-19(20)16-24-21(25)18-10-8-17(9-11-18)12-15-22(26)13-4-1-5-14-22/h2-3,6-11,26H,1,4-5,13-14,16H2,(H,24,25). The molecule has 0 spiro atoms. The van der Waals surface area contributed by atoms with Gasteiger partial charge in [0.15, 0.2) is 0 Å². The highest BCUT2D eigenvalue weighted by Crippen LogP contribution is 2.27. The average Bonchev–Trinajstić information content (AvgIpc) is 2.67. The molecule has 1 amide bonds. The van der Waals surface area contributed by atoms with Gasteiger partial charge in [-0.15, -0.1) is 0 Å². The van der Waals surface area contributed by atoms with Crippen molar-refractivity contribution in [3.63, 3.8) is 0 Å². The summed E-state index contributed by atoms with van der Waals surface area (Å²) >= 11 is 0. The van der Waals surface area contributed by atoms with Crippen LogP contribution in [0.15, 0.2) is 48.5 Å². The lowest BCUT2D eigenvalue weighted by atomic mass is 9.85. The van der Waals surface area contributed by atoms with Crippen LogP contribution in [0.4, 0.5) is 4.39 Å². The molecule has 0 bridgehead atoms. The molecule has 26 heavy (non-hydrogen) atoms. The maximum Gasteiger partial charge on any atom is 0.251 e. The minimum atomic E-state index is -0.881. The summed E-state index contributed by atoms with van der Waals surface area (Å²) in [7, 11) is 0. The van der Waals surface area contributed by atoms with Crippen LogP contribution in [0.3, 0.4) is 0 Å². The molecule has 2 N–H and O–H groups in total. The molecule has 1 saturated carbocycles. The molecule has 3 nitrogen and oxygen atoms in total. The van der Waals surface area contributed by atoms with Crippen LogP contribution in [-0.4, -0.2) is 16.6 Å². The van der Waals surface area contributed by atoms with Gasteiger partial charge in [0.25, 0.3) is 5.91 Å². The van der Waals surface area contributed by atoms with Gasteiger partial charge in [-0.3, -0.25) is 4.79 Å². The first-order chi connectivity index (χ1) is 12.6. The van der Waals surface area contributed by atoms with Gasteiger partial charge in [-0.1, -0.05) is 36.5 Å². The lowest BCUT2D eigenvalue weighted by Crippen LogP contribution is -2.29. The van der Waals surface area contributed by atoms with Crippen molar-refractivity contribution in [1.29, 1.82) is 0 Å². The van der Waals surface area contributed by atoms with E-state index in [9.17, 15) is 14.3 Å². The van der Waals surface area contributed by atoms with E-state index in [4.69, 9.17) is 0 Å². The van der Waals surface area contributed by atoms with Crippen molar-refractivity contribution in [3.8, 4) is 11.8 Å². The summed E-state index contributed by atoms with van der Waals surface area (Å²) in [6.45, 7) is 0.139. The molecule has 1 aliphatic rings. The van der Waals surface area contributed by atoms with E-state index < -0.39 is 5.60 Å². The van der Waals surface area contributed by atoms with Crippen molar-refractivity contribution in [2.24, 2.45) is 0 Å². The number of benzene rings is 2. The molecule has 0 radical (unpaired) electrons. The van der Waals surface area contributed by atoms with E-state index in [0.29, 0.717) is 11.1 Å². The number of rotatable bonds is 3. The van der Waals surface area contributed by atoms with Crippen LogP contribution in [0.5, 0.6) is 0 Å². The highest BCUT2D eigenvalue weighted by molar-refractivity contribution is 5.94. The molecule has 0 heterocycles. The van der Waals surface area contributed by atoms with Crippen LogP contribution in [0, 0.1) is 17.7 Å². The molecule has 0 unspecified atom stereocenters.